The molecule has 118 valence electrons. The van der Waals surface area contributed by atoms with Crippen LogP contribution in [0.2, 0.25) is 0 Å². The summed E-state index contributed by atoms with van der Waals surface area (Å²) in [5.41, 5.74) is 5.55. The van der Waals surface area contributed by atoms with Gasteiger partial charge in [0.15, 0.2) is 0 Å². The quantitative estimate of drug-likeness (QED) is 0.656. The maximum Gasteiger partial charge on any atom is 0.0478 e. The van der Waals surface area contributed by atoms with E-state index in [4.69, 9.17) is 4.98 Å². The summed E-state index contributed by atoms with van der Waals surface area (Å²) >= 11 is 2.09. The molecule has 0 aromatic carbocycles. The van der Waals surface area contributed by atoms with Gasteiger partial charge in [-0.3, -0.25) is 4.98 Å². The number of nitrogens with zero attached hydrogens (tertiary/aromatic N) is 1. The zero-order valence-electron chi connectivity index (χ0n) is 14.9. The van der Waals surface area contributed by atoms with Crippen LogP contribution in [0.5, 0.6) is 0 Å². The van der Waals surface area contributed by atoms with Crippen LogP contribution in [-0.4, -0.2) is 10.2 Å². The van der Waals surface area contributed by atoms with Crippen LogP contribution in [0.4, 0.5) is 0 Å². The van der Waals surface area contributed by atoms with Crippen LogP contribution >= 0.6 is 11.8 Å². The normalized spacial score (nSPS) is 26.1. The molecule has 1 unspecified atom stereocenters. The van der Waals surface area contributed by atoms with E-state index in [9.17, 15) is 0 Å². The average molecular weight is 306 g/mol. The number of rotatable bonds is 2. The Kier molecular flexibility index (Phi) is 5.07. The molecular weight excluding hydrogens is 274 g/mol. The zero-order valence-corrected chi connectivity index (χ0v) is 15.8. The molecule has 1 nitrogen and oxygen atoms in total. The van der Waals surface area contributed by atoms with Crippen molar-refractivity contribution in [2.24, 2.45) is 11.8 Å². The van der Waals surface area contributed by atoms with Gasteiger partial charge in [-0.2, -0.15) is 0 Å². The van der Waals surface area contributed by atoms with E-state index >= 15 is 0 Å². The van der Waals surface area contributed by atoms with E-state index < -0.39 is 0 Å². The Morgan fingerprint density at radius 1 is 1.10 bits per heavy atom. The first kappa shape index (κ1) is 16.9. The lowest BCUT2D eigenvalue weighted by Gasteiger charge is -2.27. The molecule has 0 bridgehead atoms. The fraction of sp³-hybridized carbons (Fsp3) is 0.737. The molecule has 0 aliphatic carbocycles. The Morgan fingerprint density at radius 2 is 1.71 bits per heavy atom. The largest absolute Gasteiger partial charge is 0.257 e. The van der Waals surface area contributed by atoms with E-state index in [2.05, 4.69) is 67.2 Å². The zero-order chi connectivity index (χ0) is 15.9. The third kappa shape index (κ3) is 3.16. The second-order valence-electron chi connectivity index (χ2n) is 7.49. The Morgan fingerprint density at radius 3 is 2.24 bits per heavy atom. The summed E-state index contributed by atoms with van der Waals surface area (Å²) in [5.74, 6) is 2.59. The minimum Gasteiger partial charge on any atom is -0.257 e. The van der Waals surface area contributed by atoms with Crippen molar-refractivity contribution in [3.63, 3.8) is 0 Å². The van der Waals surface area contributed by atoms with Crippen molar-refractivity contribution >= 4 is 11.8 Å². The number of aromatic nitrogens is 1. The van der Waals surface area contributed by atoms with Gasteiger partial charge in [-0.1, -0.05) is 41.5 Å². The number of thioether (sulfide) groups is 1. The molecule has 1 aliphatic heterocycles. The van der Waals surface area contributed by atoms with Gasteiger partial charge in [0, 0.05) is 21.5 Å². The molecule has 21 heavy (non-hydrogen) atoms. The molecule has 2 heteroatoms. The molecule has 2 rings (SSSR count). The van der Waals surface area contributed by atoms with Crippen molar-refractivity contribution in [2.75, 3.05) is 0 Å². The Hall–Kier alpha value is -0.500. The van der Waals surface area contributed by atoms with Crippen LogP contribution < -0.4 is 0 Å². The third-order valence-corrected chi connectivity index (χ3v) is 6.74. The maximum absolute atomic E-state index is 5.00. The van der Waals surface area contributed by atoms with Crippen molar-refractivity contribution in [2.45, 2.75) is 83.8 Å². The fourth-order valence-corrected chi connectivity index (χ4v) is 4.80. The second-order valence-corrected chi connectivity index (χ2v) is 8.88. The Labute approximate surface area is 135 Å². The van der Waals surface area contributed by atoms with Gasteiger partial charge in [0.05, 0.1) is 0 Å². The van der Waals surface area contributed by atoms with Gasteiger partial charge < -0.3 is 0 Å². The van der Waals surface area contributed by atoms with Crippen molar-refractivity contribution in [1.82, 2.24) is 4.98 Å². The summed E-state index contributed by atoms with van der Waals surface area (Å²) < 4.78 is 0. The van der Waals surface area contributed by atoms with E-state index in [0.29, 0.717) is 23.0 Å². The number of fused-ring (bicyclic) bond motifs is 1. The topological polar surface area (TPSA) is 12.9 Å². The molecule has 0 saturated heterocycles. The highest BCUT2D eigenvalue weighted by Gasteiger charge is 2.33. The van der Waals surface area contributed by atoms with Gasteiger partial charge in [-0.15, -0.1) is 11.8 Å². The standard InChI is InChI=1S/C19H31NS/c1-10(2)16-9-12(5)15(8)21-19-13(6)14(7)20-18(11(3)4)17(16)19/h10-12,15-16H,9H2,1-8H3/t12-,15-,16?/m0/s1. The van der Waals surface area contributed by atoms with Gasteiger partial charge in [0.1, 0.15) is 0 Å². The molecule has 0 saturated carbocycles. The SMILES string of the molecule is Cc1nc(C(C)C)c2c(c1C)S[C@@H](C)[C@@H](C)CC2C(C)C. The third-order valence-electron chi connectivity index (χ3n) is 5.15. The van der Waals surface area contributed by atoms with Crippen molar-refractivity contribution in [3.05, 3.63) is 22.5 Å². The van der Waals surface area contributed by atoms with Crippen LogP contribution in [0.25, 0.3) is 0 Å². The van der Waals surface area contributed by atoms with E-state index in [1.54, 1.807) is 10.5 Å². The second kappa shape index (κ2) is 6.32. The van der Waals surface area contributed by atoms with Gasteiger partial charge in [-0.25, -0.2) is 0 Å². The van der Waals surface area contributed by atoms with E-state index in [0.717, 1.165) is 5.92 Å². The van der Waals surface area contributed by atoms with E-state index in [-0.39, 0.29) is 0 Å². The molecule has 1 aromatic rings. The lowest BCUT2D eigenvalue weighted by Crippen LogP contribution is -2.16. The van der Waals surface area contributed by atoms with Gasteiger partial charge >= 0.3 is 0 Å². The lowest BCUT2D eigenvalue weighted by molar-refractivity contribution is 0.387. The molecule has 1 aliphatic rings. The molecule has 1 aromatic heterocycles. The summed E-state index contributed by atoms with van der Waals surface area (Å²) in [6.07, 6.45) is 1.29. The van der Waals surface area contributed by atoms with Crippen LogP contribution in [0.1, 0.15) is 82.3 Å². The first-order valence-electron chi connectivity index (χ1n) is 8.41. The first-order chi connectivity index (χ1) is 9.73. The smallest absolute Gasteiger partial charge is 0.0478 e. The van der Waals surface area contributed by atoms with E-state index in [1.807, 2.05) is 0 Å². The van der Waals surface area contributed by atoms with Gasteiger partial charge in [0.2, 0.25) is 0 Å². The maximum atomic E-state index is 5.00. The predicted octanol–water partition coefficient (Wildman–Crippen LogP) is 6.08. The van der Waals surface area contributed by atoms with E-state index in [1.165, 1.54) is 23.4 Å². The molecule has 2 heterocycles. The van der Waals surface area contributed by atoms with Crippen molar-refractivity contribution in [3.8, 4) is 0 Å². The molecule has 0 spiro atoms. The Balaban J connectivity index is 2.72. The van der Waals surface area contributed by atoms with Gasteiger partial charge in [-0.05, 0) is 55.1 Å². The first-order valence-corrected chi connectivity index (χ1v) is 9.29. The number of hydrogen-bond donors (Lipinski definition) is 0. The number of pyridine rings is 1. The molecule has 0 fully saturated rings. The highest BCUT2D eigenvalue weighted by molar-refractivity contribution is 8.00. The molecule has 0 N–H and O–H groups in total. The minimum atomic E-state index is 0.503. The highest BCUT2D eigenvalue weighted by Crippen LogP contribution is 2.48. The predicted molar refractivity (Wildman–Crippen MR) is 94.5 cm³/mol. The summed E-state index contributed by atoms with van der Waals surface area (Å²) in [6.45, 7) is 18.6. The summed E-state index contributed by atoms with van der Waals surface area (Å²) in [6, 6.07) is 0. The Bertz CT molecular complexity index is 519. The monoisotopic (exact) mass is 305 g/mol. The minimum absolute atomic E-state index is 0.503. The molecular formula is C19H31NS. The summed E-state index contributed by atoms with van der Waals surface area (Å²) in [4.78, 5) is 6.54. The van der Waals surface area contributed by atoms with Crippen LogP contribution in [-0.2, 0) is 0 Å². The molecule has 0 amide bonds. The number of aryl methyl sites for hydroxylation is 1. The van der Waals surface area contributed by atoms with Gasteiger partial charge in [0.25, 0.3) is 0 Å². The molecule has 0 radical (unpaired) electrons. The average Bonchev–Trinajstić information content (AvgIpc) is 2.52. The van der Waals surface area contributed by atoms with Crippen LogP contribution in [0.15, 0.2) is 4.90 Å². The molecule has 3 atom stereocenters. The van der Waals surface area contributed by atoms with Crippen LogP contribution in [0.3, 0.4) is 0 Å². The highest BCUT2D eigenvalue weighted by atomic mass is 32.2. The lowest BCUT2D eigenvalue weighted by atomic mass is 9.78. The van der Waals surface area contributed by atoms with Crippen molar-refractivity contribution < 1.29 is 0 Å². The summed E-state index contributed by atoms with van der Waals surface area (Å²) in [5, 5.41) is 0.688. The van der Waals surface area contributed by atoms with Crippen molar-refractivity contribution in [1.29, 1.82) is 0 Å². The summed E-state index contributed by atoms with van der Waals surface area (Å²) in [7, 11) is 0. The number of hydrogen-bond acceptors (Lipinski definition) is 2. The van der Waals surface area contributed by atoms with Crippen LogP contribution in [0, 0.1) is 25.7 Å². The fourth-order valence-electron chi connectivity index (χ4n) is 3.38.